The number of carbonyl (C=O) groups is 1. The van der Waals surface area contributed by atoms with Crippen LogP contribution in [-0.2, 0) is 16.0 Å². The summed E-state index contributed by atoms with van der Waals surface area (Å²) < 4.78 is 5.13. The zero-order chi connectivity index (χ0) is 14.0. The summed E-state index contributed by atoms with van der Waals surface area (Å²) in [5, 5.41) is 20.0. The van der Waals surface area contributed by atoms with Crippen LogP contribution in [0.2, 0.25) is 10.0 Å². The van der Waals surface area contributed by atoms with Crippen molar-refractivity contribution in [2.24, 2.45) is 0 Å². The van der Waals surface area contributed by atoms with Gasteiger partial charge in [-0.2, -0.15) is 0 Å². The fourth-order valence-corrected chi connectivity index (χ4v) is 2.76. The Labute approximate surface area is 120 Å². The molecule has 1 saturated heterocycles. The summed E-state index contributed by atoms with van der Waals surface area (Å²) in [5.41, 5.74) is 0.571. The van der Waals surface area contributed by atoms with Gasteiger partial charge in [-0.1, -0.05) is 23.2 Å². The van der Waals surface area contributed by atoms with Crippen molar-refractivity contribution in [3.8, 4) is 5.75 Å². The molecule has 2 atom stereocenters. The molecule has 104 valence electrons. The van der Waals surface area contributed by atoms with E-state index in [9.17, 15) is 15.0 Å². The number of benzene rings is 1. The normalized spacial score (nSPS) is 23.2. The Bertz CT molecular complexity index is 467. The standard InChI is InChI=1S/C13H14Cl2O4/c14-7-3-11(15)10(12(17)4-7)2-1-9-5-8(16)6-13(18)19-9/h3-4,8-9,16-17H,1-2,5-6H2. The molecule has 0 amide bonds. The van der Waals surface area contributed by atoms with Gasteiger partial charge in [-0.15, -0.1) is 0 Å². The molecule has 0 saturated carbocycles. The molecular formula is C13H14Cl2O4. The number of halogens is 2. The Hall–Kier alpha value is -0.970. The van der Waals surface area contributed by atoms with Gasteiger partial charge in [0.05, 0.1) is 12.5 Å². The summed E-state index contributed by atoms with van der Waals surface area (Å²) in [6, 6.07) is 2.98. The molecule has 0 spiro atoms. The Balaban J connectivity index is 2.01. The first-order valence-corrected chi connectivity index (χ1v) is 6.75. The molecule has 19 heavy (non-hydrogen) atoms. The van der Waals surface area contributed by atoms with Crippen LogP contribution in [0.5, 0.6) is 5.75 Å². The number of carbonyl (C=O) groups excluding carboxylic acids is 1. The molecule has 2 N–H and O–H groups in total. The molecule has 1 heterocycles. The van der Waals surface area contributed by atoms with E-state index in [1.165, 1.54) is 6.07 Å². The van der Waals surface area contributed by atoms with Crippen LogP contribution in [0, 0.1) is 0 Å². The van der Waals surface area contributed by atoms with E-state index in [1.807, 2.05) is 0 Å². The van der Waals surface area contributed by atoms with Gasteiger partial charge in [0, 0.05) is 22.0 Å². The molecular weight excluding hydrogens is 291 g/mol. The lowest BCUT2D eigenvalue weighted by Gasteiger charge is -2.26. The average Bonchev–Trinajstić information content (AvgIpc) is 2.25. The van der Waals surface area contributed by atoms with Crippen molar-refractivity contribution in [3.05, 3.63) is 27.7 Å². The smallest absolute Gasteiger partial charge is 0.308 e. The Morgan fingerprint density at radius 1 is 1.37 bits per heavy atom. The lowest BCUT2D eigenvalue weighted by atomic mass is 9.99. The van der Waals surface area contributed by atoms with Crippen molar-refractivity contribution in [3.63, 3.8) is 0 Å². The highest BCUT2D eigenvalue weighted by Crippen LogP contribution is 2.32. The molecule has 1 aromatic rings. The minimum Gasteiger partial charge on any atom is -0.508 e. The van der Waals surface area contributed by atoms with Gasteiger partial charge in [-0.3, -0.25) is 4.79 Å². The zero-order valence-electron chi connectivity index (χ0n) is 10.1. The van der Waals surface area contributed by atoms with Crippen LogP contribution >= 0.6 is 23.2 Å². The highest BCUT2D eigenvalue weighted by Gasteiger charge is 2.27. The number of phenolic OH excluding ortho intramolecular Hbond substituents is 1. The first-order valence-electron chi connectivity index (χ1n) is 6.00. The lowest BCUT2D eigenvalue weighted by molar-refractivity contribution is -0.160. The van der Waals surface area contributed by atoms with Gasteiger partial charge >= 0.3 is 5.97 Å². The van der Waals surface area contributed by atoms with Gasteiger partial charge in [-0.25, -0.2) is 0 Å². The molecule has 0 radical (unpaired) electrons. The van der Waals surface area contributed by atoms with Gasteiger partial charge in [-0.05, 0) is 25.0 Å². The molecule has 2 unspecified atom stereocenters. The first kappa shape index (κ1) is 14.4. The maximum absolute atomic E-state index is 11.2. The molecule has 2 rings (SSSR count). The molecule has 1 fully saturated rings. The van der Waals surface area contributed by atoms with E-state index < -0.39 is 12.1 Å². The number of aliphatic hydroxyl groups is 1. The average molecular weight is 305 g/mol. The van der Waals surface area contributed by atoms with Crippen molar-refractivity contribution in [1.29, 1.82) is 0 Å². The number of aromatic hydroxyl groups is 1. The summed E-state index contributed by atoms with van der Waals surface area (Å²) in [5.74, 6) is -0.365. The van der Waals surface area contributed by atoms with Crippen LogP contribution in [-0.4, -0.2) is 28.4 Å². The van der Waals surface area contributed by atoms with E-state index >= 15 is 0 Å². The van der Waals surface area contributed by atoms with E-state index in [0.717, 1.165) is 0 Å². The number of cyclic esters (lactones) is 1. The number of aliphatic hydroxyl groups excluding tert-OH is 1. The Morgan fingerprint density at radius 3 is 2.74 bits per heavy atom. The SMILES string of the molecule is O=C1CC(O)CC(CCc2c(O)cc(Cl)cc2Cl)O1. The van der Waals surface area contributed by atoms with Gasteiger partial charge in [0.1, 0.15) is 11.9 Å². The zero-order valence-corrected chi connectivity index (χ0v) is 11.6. The number of hydrogen-bond acceptors (Lipinski definition) is 4. The number of rotatable bonds is 3. The molecule has 6 heteroatoms. The van der Waals surface area contributed by atoms with E-state index in [-0.39, 0.29) is 18.3 Å². The maximum atomic E-state index is 11.2. The second kappa shape index (κ2) is 5.99. The topological polar surface area (TPSA) is 66.8 Å². The van der Waals surface area contributed by atoms with Gasteiger partial charge in [0.15, 0.2) is 0 Å². The fraction of sp³-hybridized carbons (Fsp3) is 0.462. The third-order valence-corrected chi connectivity index (χ3v) is 3.64. The van der Waals surface area contributed by atoms with Crippen molar-refractivity contribution in [2.75, 3.05) is 0 Å². The van der Waals surface area contributed by atoms with E-state index in [0.29, 0.717) is 34.9 Å². The Morgan fingerprint density at radius 2 is 2.11 bits per heavy atom. The van der Waals surface area contributed by atoms with Crippen molar-refractivity contribution in [1.82, 2.24) is 0 Å². The monoisotopic (exact) mass is 304 g/mol. The largest absolute Gasteiger partial charge is 0.508 e. The van der Waals surface area contributed by atoms with Crippen LogP contribution < -0.4 is 0 Å². The summed E-state index contributed by atoms with van der Waals surface area (Å²) in [6.45, 7) is 0. The minimum atomic E-state index is -0.652. The molecule has 4 nitrogen and oxygen atoms in total. The van der Waals surface area contributed by atoms with Crippen molar-refractivity contribution < 1.29 is 19.7 Å². The van der Waals surface area contributed by atoms with Gasteiger partial charge < -0.3 is 14.9 Å². The summed E-state index contributed by atoms with van der Waals surface area (Å²) in [6.07, 6.45) is 0.411. The molecule has 0 aromatic heterocycles. The van der Waals surface area contributed by atoms with Crippen LogP contribution in [0.4, 0.5) is 0 Å². The summed E-state index contributed by atoms with van der Waals surface area (Å²) >= 11 is 11.8. The van der Waals surface area contributed by atoms with E-state index in [4.69, 9.17) is 27.9 Å². The highest BCUT2D eigenvalue weighted by atomic mass is 35.5. The second-order valence-corrected chi connectivity index (χ2v) is 5.47. The number of hydrogen-bond donors (Lipinski definition) is 2. The quantitative estimate of drug-likeness (QED) is 0.843. The highest BCUT2D eigenvalue weighted by molar-refractivity contribution is 6.35. The molecule has 1 aliphatic heterocycles. The predicted molar refractivity (Wildman–Crippen MR) is 71.6 cm³/mol. The number of ether oxygens (including phenoxy) is 1. The van der Waals surface area contributed by atoms with Crippen LogP contribution in [0.15, 0.2) is 12.1 Å². The first-order chi connectivity index (χ1) is 8.95. The number of phenols is 1. The van der Waals surface area contributed by atoms with E-state index in [2.05, 4.69) is 0 Å². The molecule has 1 aromatic carbocycles. The molecule has 0 bridgehead atoms. The number of esters is 1. The maximum Gasteiger partial charge on any atom is 0.308 e. The molecule has 1 aliphatic rings. The van der Waals surface area contributed by atoms with E-state index in [1.54, 1.807) is 6.07 Å². The van der Waals surface area contributed by atoms with Crippen molar-refractivity contribution >= 4 is 29.2 Å². The lowest BCUT2D eigenvalue weighted by Crippen LogP contribution is -2.32. The third kappa shape index (κ3) is 3.75. The Kier molecular flexibility index (Phi) is 4.55. The van der Waals surface area contributed by atoms with Gasteiger partial charge in [0.25, 0.3) is 0 Å². The minimum absolute atomic E-state index is 0.0279. The van der Waals surface area contributed by atoms with Crippen LogP contribution in [0.3, 0.4) is 0 Å². The second-order valence-electron chi connectivity index (χ2n) is 4.63. The van der Waals surface area contributed by atoms with Crippen LogP contribution in [0.25, 0.3) is 0 Å². The predicted octanol–water partition coefficient (Wildman–Crippen LogP) is 2.70. The summed E-state index contributed by atoms with van der Waals surface area (Å²) in [7, 11) is 0. The fourth-order valence-electron chi connectivity index (χ4n) is 2.18. The van der Waals surface area contributed by atoms with Gasteiger partial charge in [0.2, 0.25) is 0 Å². The molecule has 0 aliphatic carbocycles. The van der Waals surface area contributed by atoms with Crippen molar-refractivity contribution in [2.45, 2.75) is 37.9 Å². The summed E-state index contributed by atoms with van der Waals surface area (Å²) in [4.78, 5) is 11.2. The third-order valence-electron chi connectivity index (χ3n) is 3.09. The van der Waals surface area contributed by atoms with Crippen LogP contribution in [0.1, 0.15) is 24.8 Å².